The van der Waals surface area contributed by atoms with E-state index in [-0.39, 0.29) is 9.79 Å². The number of methoxy groups -OCH3 is 1. The molecule has 0 amide bonds. The van der Waals surface area contributed by atoms with Gasteiger partial charge in [-0.15, -0.1) is 0 Å². The molecule has 0 N–H and O–H groups in total. The third kappa shape index (κ3) is 4.54. The standard InChI is InChI=1S/C15H16O7S2/c1-12-3-7-14(8-4-12)23(16,17)21-11-22-24(18,19)15-9-5-13(20-2)6-10-15/h3-10H,11H2,1-2H3. The number of ether oxygens (including phenoxy) is 1. The average Bonchev–Trinajstić information content (AvgIpc) is 2.55. The van der Waals surface area contributed by atoms with Gasteiger partial charge in [-0.1, -0.05) is 17.7 Å². The molecule has 0 fully saturated rings. The minimum atomic E-state index is -4.14. The Balaban J connectivity index is 2.02. The normalized spacial score (nSPS) is 12.1. The van der Waals surface area contributed by atoms with Crippen LogP contribution in [0.2, 0.25) is 0 Å². The molecule has 0 aliphatic heterocycles. The van der Waals surface area contributed by atoms with E-state index in [4.69, 9.17) is 4.74 Å². The van der Waals surface area contributed by atoms with Crippen LogP contribution in [0.15, 0.2) is 58.3 Å². The Morgan fingerprint density at radius 2 is 1.17 bits per heavy atom. The molecule has 2 aromatic carbocycles. The first-order valence-corrected chi connectivity index (χ1v) is 9.56. The molecule has 0 spiro atoms. The fourth-order valence-electron chi connectivity index (χ4n) is 1.73. The topological polar surface area (TPSA) is 96.0 Å². The van der Waals surface area contributed by atoms with Gasteiger partial charge in [-0.2, -0.15) is 16.8 Å². The van der Waals surface area contributed by atoms with Gasteiger partial charge in [-0.25, -0.2) is 8.37 Å². The molecule has 24 heavy (non-hydrogen) atoms. The van der Waals surface area contributed by atoms with E-state index in [1.54, 1.807) is 12.1 Å². The summed E-state index contributed by atoms with van der Waals surface area (Å²) in [7, 11) is -6.80. The first kappa shape index (κ1) is 18.4. The van der Waals surface area contributed by atoms with Gasteiger partial charge in [0.1, 0.15) is 5.75 Å². The first-order valence-electron chi connectivity index (χ1n) is 6.74. The van der Waals surface area contributed by atoms with Gasteiger partial charge in [-0.05, 0) is 43.3 Å². The highest BCUT2D eigenvalue weighted by Gasteiger charge is 2.19. The summed E-state index contributed by atoms with van der Waals surface area (Å²) >= 11 is 0. The highest BCUT2D eigenvalue weighted by atomic mass is 32.2. The van der Waals surface area contributed by atoms with E-state index >= 15 is 0 Å². The Bertz CT molecular complexity index is 884. The molecular formula is C15H16O7S2. The van der Waals surface area contributed by atoms with Gasteiger partial charge in [0.25, 0.3) is 20.2 Å². The second-order valence-corrected chi connectivity index (χ2v) is 7.98. The Hall–Kier alpha value is -1.94. The minimum Gasteiger partial charge on any atom is -0.497 e. The van der Waals surface area contributed by atoms with Gasteiger partial charge < -0.3 is 4.74 Å². The Labute approximate surface area is 141 Å². The molecule has 0 radical (unpaired) electrons. The van der Waals surface area contributed by atoms with Crippen LogP contribution in [0.5, 0.6) is 5.75 Å². The van der Waals surface area contributed by atoms with Crippen molar-refractivity contribution in [1.82, 2.24) is 0 Å². The quantitative estimate of drug-likeness (QED) is 0.542. The molecule has 0 heterocycles. The van der Waals surface area contributed by atoms with Gasteiger partial charge >= 0.3 is 0 Å². The maximum Gasteiger partial charge on any atom is 0.299 e. The number of hydrogen-bond donors (Lipinski definition) is 0. The molecule has 0 saturated carbocycles. The summed E-state index contributed by atoms with van der Waals surface area (Å²) in [5.41, 5.74) is 0.882. The minimum absolute atomic E-state index is 0.0847. The van der Waals surface area contributed by atoms with E-state index in [1.807, 2.05) is 6.92 Å². The molecule has 0 aliphatic carbocycles. The molecule has 2 aromatic rings. The lowest BCUT2D eigenvalue weighted by Crippen LogP contribution is -2.14. The molecule has 9 heteroatoms. The van der Waals surface area contributed by atoms with Crippen LogP contribution in [0.1, 0.15) is 5.56 Å². The molecule has 7 nitrogen and oxygen atoms in total. The summed E-state index contributed by atoms with van der Waals surface area (Å²) in [6.45, 7) is 0.854. The van der Waals surface area contributed by atoms with Crippen LogP contribution < -0.4 is 4.74 Å². The van der Waals surface area contributed by atoms with Gasteiger partial charge in [0.05, 0.1) is 16.9 Å². The van der Waals surface area contributed by atoms with Crippen LogP contribution in [0.4, 0.5) is 0 Å². The van der Waals surface area contributed by atoms with Crippen molar-refractivity contribution in [2.45, 2.75) is 16.7 Å². The van der Waals surface area contributed by atoms with Crippen molar-refractivity contribution in [3.8, 4) is 5.75 Å². The second-order valence-electron chi connectivity index (χ2n) is 4.75. The third-order valence-corrected chi connectivity index (χ3v) is 5.58. The van der Waals surface area contributed by atoms with Gasteiger partial charge in [0.15, 0.2) is 6.79 Å². The smallest absolute Gasteiger partial charge is 0.299 e. The lowest BCUT2D eigenvalue weighted by Gasteiger charge is -2.08. The van der Waals surface area contributed by atoms with Gasteiger partial charge in [0.2, 0.25) is 0 Å². The molecule has 0 aromatic heterocycles. The SMILES string of the molecule is COc1ccc(S(=O)(=O)OCOS(=O)(=O)c2ccc(C)cc2)cc1. The van der Waals surface area contributed by atoms with Crippen molar-refractivity contribution >= 4 is 20.2 Å². The Morgan fingerprint density at radius 1 is 0.750 bits per heavy atom. The van der Waals surface area contributed by atoms with E-state index in [2.05, 4.69) is 8.37 Å². The Kier molecular flexibility index (Phi) is 5.60. The second kappa shape index (κ2) is 7.31. The zero-order chi connectivity index (χ0) is 17.8. The van der Waals surface area contributed by atoms with E-state index in [0.717, 1.165) is 5.56 Å². The van der Waals surface area contributed by atoms with Gasteiger partial charge in [0, 0.05) is 0 Å². The van der Waals surface area contributed by atoms with E-state index < -0.39 is 27.0 Å². The number of hydrogen-bond acceptors (Lipinski definition) is 7. The van der Waals surface area contributed by atoms with Crippen LogP contribution >= 0.6 is 0 Å². The number of aryl methyl sites for hydroxylation is 1. The van der Waals surface area contributed by atoms with E-state index in [0.29, 0.717) is 5.75 Å². The van der Waals surface area contributed by atoms with Crippen molar-refractivity contribution in [1.29, 1.82) is 0 Å². The summed E-state index contributed by atoms with van der Waals surface area (Å²) in [5, 5.41) is 0. The van der Waals surface area contributed by atoms with Crippen molar-refractivity contribution in [3.05, 3.63) is 54.1 Å². The molecule has 0 aliphatic rings. The maximum atomic E-state index is 12.0. The van der Waals surface area contributed by atoms with E-state index in [9.17, 15) is 16.8 Å². The van der Waals surface area contributed by atoms with Crippen molar-refractivity contribution in [2.24, 2.45) is 0 Å². The fraction of sp³-hybridized carbons (Fsp3) is 0.200. The van der Waals surface area contributed by atoms with E-state index in [1.165, 1.54) is 43.5 Å². The summed E-state index contributed by atoms with van der Waals surface area (Å²) in [5.74, 6) is 0.479. The lowest BCUT2D eigenvalue weighted by atomic mass is 10.2. The zero-order valence-corrected chi connectivity index (χ0v) is 14.6. The van der Waals surface area contributed by atoms with Crippen molar-refractivity contribution in [3.63, 3.8) is 0 Å². The monoisotopic (exact) mass is 372 g/mol. The van der Waals surface area contributed by atoms with Crippen LogP contribution in [0.25, 0.3) is 0 Å². The van der Waals surface area contributed by atoms with Crippen molar-refractivity contribution in [2.75, 3.05) is 13.9 Å². The molecule has 0 atom stereocenters. The number of rotatable bonds is 7. The summed E-state index contributed by atoms with van der Waals surface area (Å²) in [6.07, 6.45) is 0. The summed E-state index contributed by atoms with van der Waals surface area (Å²) in [6, 6.07) is 11.4. The van der Waals surface area contributed by atoms with Crippen molar-refractivity contribution < 1.29 is 29.9 Å². The highest BCUT2D eigenvalue weighted by Crippen LogP contribution is 2.18. The maximum absolute atomic E-state index is 12.0. The van der Waals surface area contributed by atoms with Crippen LogP contribution in [-0.4, -0.2) is 30.7 Å². The predicted octanol–water partition coefficient (Wildman–Crippen LogP) is 2.07. The van der Waals surface area contributed by atoms with Gasteiger partial charge in [-0.3, -0.25) is 0 Å². The lowest BCUT2D eigenvalue weighted by molar-refractivity contribution is 0.132. The molecule has 130 valence electrons. The molecular weight excluding hydrogens is 356 g/mol. The summed E-state index contributed by atoms with van der Waals surface area (Å²) < 4.78 is 61.9. The molecule has 2 rings (SSSR count). The fourth-order valence-corrected chi connectivity index (χ4v) is 3.35. The third-order valence-electron chi connectivity index (χ3n) is 3.06. The Morgan fingerprint density at radius 3 is 1.58 bits per heavy atom. The number of benzene rings is 2. The van der Waals surface area contributed by atoms with Crippen LogP contribution in [-0.2, 0) is 28.6 Å². The summed E-state index contributed by atoms with van der Waals surface area (Å²) in [4.78, 5) is -0.224. The predicted molar refractivity (Wildman–Crippen MR) is 85.6 cm³/mol. The molecule has 0 unspecified atom stereocenters. The largest absolute Gasteiger partial charge is 0.497 e. The van der Waals surface area contributed by atoms with Crippen LogP contribution in [0, 0.1) is 6.92 Å². The zero-order valence-electron chi connectivity index (χ0n) is 13.0. The molecule has 0 bridgehead atoms. The molecule has 0 saturated heterocycles. The highest BCUT2D eigenvalue weighted by molar-refractivity contribution is 7.87. The first-order chi connectivity index (χ1) is 11.2. The van der Waals surface area contributed by atoms with Crippen LogP contribution in [0.3, 0.4) is 0 Å². The average molecular weight is 372 g/mol.